The molecule has 1 aromatic carbocycles. The van der Waals surface area contributed by atoms with Gasteiger partial charge in [-0.2, -0.15) is 0 Å². The summed E-state index contributed by atoms with van der Waals surface area (Å²) in [5.74, 6) is -0.291. The van der Waals surface area contributed by atoms with E-state index in [0.29, 0.717) is 55.7 Å². The summed E-state index contributed by atoms with van der Waals surface area (Å²) < 4.78 is 20.6. The molecule has 0 atom stereocenters. The average molecular weight is 502 g/mol. The van der Waals surface area contributed by atoms with E-state index < -0.39 is 5.91 Å². The number of hydrogen-bond donors (Lipinski definition) is 4. The van der Waals surface area contributed by atoms with E-state index in [1.807, 2.05) is 18.7 Å². The molecule has 0 bridgehead atoms. The lowest BCUT2D eigenvalue weighted by molar-refractivity contribution is 0.0903. The van der Waals surface area contributed by atoms with Gasteiger partial charge in [0.2, 0.25) is 0 Å². The lowest BCUT2D eigenvalue weighted by Gasteiger charge is -2.36. The number of carbonyl (C=O) groups is 1. The molecule has 0 unspecified atom stereocenters. The van der Waals surface area contributed by atoms with Gasteiger partial charge >= 0.3 is 0 Å². The van der Waals surface area contributed by atoms with E-state index >= 15 is 4.39 Å². The number of hydrogen-bond acceptors (Lipinski definition) is 9. The number of aromatic nitrogens is 2. The summed E-state index contributed by atoms with van der Waals surface area (Å²) in [5, 5.41) is 15.6. The van der Waals surface area contributed by atoms with Crippen LogP contribution in [0.5, 0.6) is 0 Å². The Morgan fingerprint density at radius 2 is 1.92 bits per heavy atom. The fraction of sp³-hybridized carbons (Fsp3) is 0.560. The molecule has 2 aliphatic heterocycles. The zero-order valence-electron chi connectivity index (χ0n) is 21.0. The van der Waals surface area contributed by atoms with Crippen molar-refractivity contribution in [3.8, 4) is 0 Å². The minimum absolute atomic E-state index is 0.0146. The molecule has 11 heteroatoms. The predicted octanol–water partition coefficient (Wildman–Crippen LogP) is 2.29. The van der Waals surface area contributed by atoms with E-state index in [9.17, 15) is 4.79 Å². The van der Waals surface area contributed by atoms with E-state index in [-0.39, 0.29) is 35.9 Å². The van der Waals surface area contributed by atoms with Crippen molar-refractivity contribution >= 4 is 28.9 Å². The molecule has 0 saturated carbocycles. The number of rotatable bonds is 9. The third-order valence-corrected chi connectivity index (χ3v) is 6.60. The van der Waals surface area contributed by atoms with Crippen LogP contribution in [0.3, 0.4) is 0 Å². The number of benzene rings is 1. The third-order valence-electron chi connectivity index (χ3n) is 6.60. The van der Waals surface area contributed by atoms with E-state index in [4.69, 9.17) is 15.6 Å². The molecule has 2 aliphatic rings. The topological polar surface area (TPSA) is 129 Å². The Kier molecular flexibility index (Phi) is 8.55. The van der Waals surface area contributed by atoms with Gasteiger partial charge in [-0.05, 0) is 37.0 Å². The summed E-state index contributed by atoms with van der Waals surface area (Å²) >= 11 is 0. The zero-order valence-corrected chi connectivity index (χ0v) is 21.0. The molecule has 0 radical (unpaired) electrons. The Hall–Kier alpha value is -3.02. The Morgan fingerprint density at radius 3 is 2.53 bits per heavy atom. The number of β-amino-alcohol motifs (C(OH)–C–C–N with tert-alkyl or cyclic N) is 1. The number of nitrogens with zero attached hydrogens (tertiary/aromatic N) is 4. The van der Waals surface area contributed by atoms with Gasteiger partial charge in [0.05, 0.1) is 18.0 Å². The first-order valence-electron chi connectivity index (χ1n) is 12.6. The van der Waals surface area contributed by atoms with Gasteiger partial charge in [0.1, 0.15) is 5.82 Å². The maximum absolute atomic E-state index is 15.1. The zero-order chi connectivity index (χ0) is 25.7. The van der Waals surface area contributed by atoms with Crippen molar-refractivity contribution in [2.24, 2.45) is 5.73 Å². The van der Waals surface area contributed by atoms with Crippen molar-refractivity contribution in [1.82, 2.24) is 14.9 Å². The molecule has 10 nitrogen and oxygen atoms in total. The summed E-state index contributed by atoms with van der Waals surface area (Å²) in [7, 11) is 0. The van der Waals surface area contributed by atoms with Gasteiger partial charge in [0.25, 0.3) is 5.91 Å². The average Bonchev–Trinajstić information content (AvgIpc) is 2.85. The first-order chi connectivity index (χ1) is 17.4. The lowest BCUT2D eigenvalue weighted by atomic mass is 10.1. The predicted molar refractivity (Wildman–Crippen MR) is 138 cm³/mol. The van der Waals surface area contributed by atoms with Crippen LogP contribution >= 0.6 is 0 Å². The highest BCUT2D eigenvalue weighted by atomic mass is 19.1. The summed E-state index contributed by atoms with van der Waals surface area (Å²) in [5.41, 5.74) is 7.27. The number of halogens is 1. The molecular formula is C25H36FN7O3. The number of nitrogens with two attached hydrogens (primary N) is 1. The van der Waals surface area contributed by atoms with Crippen LogP contribution in [-0.2, 0) is 4.74 Å². The van der Waals surface area contributed by atoms with Crippen molar-refractivity contribution in [2.75, 3.05) is 68.1 Å². The Balaban J connectivity index is 1.56. The molecule has 5 N–H and O–H groups in total. The van der Waals surface area contributed by atoms with Crippen LogP contribution in [0.25, 0.3) is 0 Å². The number of aliphatic hydroxyl groups excluding tert-OH is 1. The Morgan fingerprint density at radius 1 is 1.19 bits per heavy atom. The highest BCUT2D eigenvalue weighted by Crippen LogP contribution is 2.30. The van der Waals surface area contributed by atoms with Crippen LogP contribution < -0.4 is 21.3 Å². The van der Waals surface area contributed by atoms with E-state index in [0.717, 1.165) is 25.9 Å². The minimum atomic E-state index is -0.706. The number of carbonyl (C=O) groups excluding carboxylic acids is 1. The molecule has 1 aromatic heterocycles. The molecule has 0 aliphatic carbocycles. The number of aliphatic hydroxyl groups is 1. The van der Waals surface area contributed by atoms with E-state index in [1.54, 1.807) is 12.1 Å². The summed E-state index contributed by atoms with van der Waals surface area (Å²) in [4.78, 5) is 25.6. The fourth-order valence-corrected chi connectivity index (χ4v) is 4.58. The van der Waals surface area contributed by atoms with Gasteiger partial charge in [0, 0.05) is 57.7 Å². The fourth-order valence-electron chi connectivity index (χ4n) is 4.58. The number of anilines is 4. The van der Waals surface area contributed by atoms with Crippen LogP contribution in [-0.4, -0.2) is 84.5 Å². The first-order valence-corrected chi connectivity index (χ1v) is 12.6. The summed E-state index contributed by atoms with van der Waals surface area (Å²) in [6.45, 7) is 8.95. The van der Waals surface area contributed by atoms with Gasteiger partial charge in [0.15, 0.2) is 17.3 Å². The molecule has 2 fully saturated rings. The number of amides is 1. The molecule has 196 valence electrons. The third kappa shape index (κ3) is 6.21. The highest BCUT2D eigenvalue weighted by Gasteiger charge is 2.24. The van der Waals surface area contributed by atoms with Gasteiger partial charge in [-0.25, -0.2) is 14.4 Å². The summed E-state index contributed by atoms with van der Waals surface area (Å²) in [6, 6.07) is 5.06. The standard InChI is InChI=1S/C25H36FN7O3/c1-16(2)21-24(28-17-5-13-36-14-6-17)31-25(22(30-21)23(27)35)29-18-3-4-20(19(26)15-18)33-9-7-32(8-10-33)11-12-34/h3-4,15-17,34H,5-14H2,1-2H3,(H2,27,35)(H2,28,29,31). The van der Waals surface area contributed by atoms with Crippen LogP contribution in [0, 0.1) is 5.82 Å². The van der Waals surface area contributed by atoms with Crippen molar-refractivity contribution in [3.05, 3.63) is 35.4 Å². The number of primary amides is 1. The maximum Gasteiger partial charge on any atom is 0.271 e. The smallest absolute Gasteiger partial charge is 0.271 e. The quantitative estimate of drug-likeness (QED) is 0.409. The van der Waals surface area contributed by atoms with Crippen LogP contribution in [0.15, 0.2) is 18.2 Å². The van der Waals surface area contributed by atoms with Crippen molar-refractivity contribution in [1.29, 1.82) is 0 Å². The molecule has 4 rings (SSSR count). The van der Waals surface area contributed by atoms with Gasteiger partial charge in [-0.15, -0.1) is 0 Å². The number of ether oxygens (including phenoxy) is 1. The summed E-state index contributed by atoms with van der Waals surface area (Å²) in [6.07, 6.45) is 1.70. The van der Waals surface area contributed by atoms with Crippen molar-refractivity contribution in [2.45, 2.75) is 38.6 Å². The van der Waals surface area contributed by atoms with Gasteiger partial charge < -0.3 is 31.1 Å². The van der Waals surface area contributed by atoms with Crippen LogP contribution in [0.4, 0.5) is 27.4 Å². The molecule has 0 spiro atoms. The van der Waals surface area contributed by atoms with Crippen LogP contribution in [0.2, 0.25) is 0 Å². The van der Waals surface area contributed by atoms with Gasteiger partial charge in [-0.1, -0.05) is 13.8 Å². The Bertz CT molecular complexity index is 1050. The van der Waals surface area contributed by atoms with Crippen molar-refractivity contribution < 1.29 is 19.0 Å². The SMILES string of the molecule is CC(C)c1nc(C(N)=O)c(Nc2ccc(N3CCN(CCO)CC3)c(F)c2)nc1NC1CCOCC1. The largest absolute Gasteiger partial charge is 0.395 e. The molecule has 2 aromatic rings. The molecule has 1 amide bonds. The van der Waals surface area contributed by atoms with Crippen molar-refractivity contribution in [3.63, 3.8) is 0 Å². The second-order valence-corrected chi connectivity index (χ2v) is 9.55. The molecule has 2 saturated heterocycles. The van der Waals surface area contributed by atoms with E-state index in [1.165, 1.54) is 6.07 Å². The Labute approximate surface area is 211 Å². The van der Waals surface area contributed by atoms with Crippen LogP contribution in [0.1, 0.15) is 48.8 Å². The number of piperazine rings is 1. The lowest BCUT2D eigenvalue weighted by Crippen LogP contribution is -2.47. The number of nitrogens with one attached hydrogen (secondary N) is 2. The monoisotopic (exact) mass is 501 g/mol. The normalized spacial score (nSPS) is 17.4. The minimum Gasteiger partial charge on any atom is -0.395 e. The first kappa shape index (κ1) is 26.1. The maximum atomic E-state index is 15.1. The second kappa shape index (κ2) is 11.8. The highest BCUT2D eigenvalue weighted by molar-refractivity contribution is 5.96. The molecule has 36 heavy (non-hydrogen) atoms. The van der Waals surface area contributed by atoms with Gasteiger partial charge in [-0.3, -0.25) is 9.69 Å². The molecule has 3 heterocycles. The second-order valence-electron chi connectivity index (χ2n) is 9.55. The van der Waals surface area contributed by atoms with E-state index in [2.05, 4.69) is 25.5 Å². The molecular weight excluding hydrogens is 465 g/mol.